The topological polar surface area (TPSA) is 102 Å². The molecule has 0 bridgehead atoms. The summed E-state index contributed by atoms with van der Waals surface area (Å²) in [5.74, 6) is -0.466. The van der Waals surface area contributed by atoms with Crippen molar-refractivity contribution in [2.45, 2.75) is 25.8 Å². The molecule has 110 valence electrons. The molecular weight excluding hydrogens is 264 g/mol. The van der Waals surface area contributed by atoms with Crippen molar-refractivity contribution in [3.05, 3.63) is 34.4 Å². The van der Waals surface area contributed by atoms with Crippen LogP contribution in [0.15, 0.2) is 24.3 Å². The zero-order valence-corrected chi connectivity index (χ0v) is 11.5. The van der Waals surface area contributed by atoms with Crippen LogP contribution in [0.4, 0.5) is 5.69 Å². The van der Waals surface area contributed by atoms with Crippen molar-refractivity contribution in [1.82, 2.24) is 5.32 Å². The highest BCUT2D eigenvalue weighted by Gasteiger charge is 2.31. The Hall–Kier alpha value is -2.15. The van der Waals surface area contributed by atoms with Crippen molar-refractivity contribution >= 4 is 11.7 Å². The van der Waals surface area contributed by atoms with Gasteiger partial charge in [-0.15, -0.1) is 0 Å². The molecule has 1 aromatic rings. The van der Waals surface area contributed by atoms with Crippen LogP contribution in [0.25, 0.3) is 0 Å². The number of nitrogens with zero attached hydrogens (tertiary/aromatic N) is 1. The minimum absolute atomic E-state index is 0.0135. The molecule has 7 nitrogen and oxygen atoms in total. The number of benzene rings is 1. The molecule has 0 saturated carbocycles. The van der Waals surface area contributed by atoms with E-state index in [0.29, 0.717) is 12.3 Å². The zero-order chi connectivity index (χ0) is 15.2. The molecule has 1 atom stereocenters. The van der Waals surface area contributed by atoms with Gasteiger partial charge in [0.2, 0.25) is 0 Å². The Morgan fingerprint density at radius 3 is 2.50 bits per heavy atom. The highest BCUT2D eigenvalue weighted by molar-refractivity contribution is 5.78. The van der Waals surface area contributed by atoms with E-state index in [1.165, 1.54) is 24.3 Å². The minimum Gasteiger partial charge on any atom is -0.494 e. The van der Waals surface area contributed by atoms with Crippen molar-refractivity contribution in [3.8, 4) is 5.75 Å². The summed E-state index contributed by atoms with van der Waals surface area (Å²) < 4.78 is 5.41. The number of non-ortho nitro benzene ring substituents is 1. The Balaban J connectivity index is 2.54. The number of rotatable bonds is 8. The Bertz CT molecular complexity index is 474. The number of nitro groups is 1. The number of hydrogen-bond acceptors (Lipinski definition) is 5. The van der Waals surface area contributed by atoms with Crippen molar-refractivity contribution < 1.29 is 19.6 Å². The maximum absolute atomic E-state index is 11.2. The molecule has 1 rings (SSSR count). The van der Waals surface area contributed by atoms with E-state index >= 15 is 0 Å². The third kappa shape index (κ3) is 4.20. The maximum atomic E-state index is 11.2. The van der Waals surface area contributed by atoms with Crippen LogP contribution in [0.3, 0.4) is 0 Å². The fourth-order valence-electron chi connectivity index (χ4n) is 1.70. The zero-order valence-electron chi connectivity index (χ0n) is 11.5. The lowest BCUT2D eigenvalue weighted by molar-refractivity contribution is -0.384. The summed E-state index contributed by atoms with van der Waals surface area (Å²) in [6.07, 6.45) is 0.285. The van der Waals surface area contributed by atoms with Crippen LogP contribution < -0.4 is 10.1 Å². The van der Waals surface area contributed by atoms with E-state index in [0.717, 1.165) is 0 Å². The van der Waals surface area contributed by atoms with Gasteiger partial charge >= 0.3 is 5.97 Å². The first-order valence-electron chi connectivity index (χ1n) is 6.24. The monoisotopic (exact) mass is 282 g/mol. The van der Waals surface area contributed by atoms with Gasteiger partial charge in [-0.05, 0) is 25.6 Å². The van der Waals surface area contributed by atoms with Crippen LogP contribution in [-0.4, -0.2) is 34.7 Å². The fraction of sp³-hybridized carbons (Fsp3) is 0.462. The first kappa shape index (κ1) is 15.9. The van der Waals surface area contributed by atoms with E-state index in [1.807, 2.05) is 6.92 Å². The Morgan fingerprint density at radius 2 is 2.05 bits per heavy atom. The quantitative estimate of drug-likeness (QED) is 0.557. The van der Waals surface area contributed by atoms with E-state index in [4.69, 9.17) is 9.84 Å². The molecule has 0 heterocycles. The molecule has 7 heteroatoms. The first-order chi connectivity index (χ1) is 9.39. The first-order valence-corrected chi connectivity index (χ1v) is 6.24. The largest absolute Gasteiger partial charge is 0.494 e. The average molecular weight is 282 g/mol. The number of nitro benzene ring substituents is 1. The summed E-state index contributed by atoms with van der Waals surface area (Å²) in [5.41, 5.74) is -1.06. The predicted octanol–water partition coefficient (Wildman–Crippen LogP) is 1.82. The molecule has 0 fully saturated rings. The number of carboxylic acids is 1. The SMILES string of the molecule is CCNC(C)(CCOc1ccc([N+](=O)[O-])cc1)C(=O)O. The Labute approximate surface area is 116 Å². The van der Waals surface area contributed by atoms with Gasteiger partial charge in [0.15, 0.2) is 0 Å². The number of carbonyl (C=O) groups is 1. The molecule has 0 aliphatic carbocycles. The smallest absolute Gasteiger partial charge is 0.323 e. The molecule has 2 N–H and O–H groups in total. The van der Waals surface area contributed by atoms with Gasteiger partial charge in [-0.25, -0.2) is 0 Å². The van der Waals surface area contributed by atoms with E-state index in [1.54, 1.807) is 6.92 Å². The lowest BCUT2D eigenvalue weighted by atomic mass is 9.98. The molecule has 0 radical (unpaired) electrons. The summed E-state index contributed by atoms with van der Waals surface area (Å²) in [6, 6.07) is 5.67. The summed E-state index contributed by atoms with van der Waals surface area (Å²) in [6.45, 7) is 4.17. The number of likely N-dealkylation sites (N-methyl/N-ethyl adjacent to an activating group) is 1. The second-order valence-electron chi connectivity index (χ2n) is 4.52. The van der Waals surface area contributed by atoms with Crippen LogP contribution >= 0.6 is 0 Å². The average Bonchev–Trinajstić information content (AvgIpc) is 2.39. The molecule has 1 aromatic carbocycles. The van der Waals surface area contributed by atoms with Crippen LogP contribution in [-0.2, 0) is 4.79 Å². The molecule has 0 aromatic heterocycles. The third-order valence-electron chi connectivity index (χ3n) is 2.96. The number of aliphatic carboxylic acids is 1. The van der Waals surface area contributed by atoms with Crippen molar-refractivity contribution in [2.24, 2.45) is 0 Å². The van der Waals surface area contributed by atoms with E-state index < -0.39 is 16.4 Å². The lowest BCUT2D eigenvalue weighted by Gasteiger charge is -2.25. The summed E-state index contributed by atoms with van der Waals surface area (Å²) in [5, 5.41) is 22.6. The van der Waals surface area contributed by atoms with Gasteiger partial charge < -0.3 is 15.2 Å². The van der Waals surface area contributed by atoms with Gasteiger partial charge in [0.1, 0.15) is 11.3 Å². The van der Waals surface area contributed by atoms with Crippen LogP contribution in [0, 0.1) is 10.1 Å². The highest BCUT2D eigenvalue weighted by Crippen LogP contribution is 2.18. The normalized spacial score (nSPS) is 13.5. The van der Waals surface area contributed by atoms with Crippen molar-refractivity contribution in [2.75, 3.05) is 13.2 Å². The molecule has 1 unspecified atom stereocenters. The van der Waals surface area contributed by atoms with E-state index in [2.05, 4.69) is 5.32 Å². The van der Waals surface area contributed by atoms with Gasteiger partial charge in [0, 0.05) is 18.6 Å². The summed E-state index contributed by atoms with van der Waals surface area (Å²) in [4.78, 5) is 21.2. The lowest BCUT2D eigenvalue weighted by Crippen LogP contribution is -2.50. The standard InChI is InChI=1S/C13H18N2O5/c1-3-14-13(2,12(16)17)8-9-20-11-6-4-10(5-7-11)15(18)19/h4-7,14H,3,8-9H2,1-2H3,(H,16,17). The predicted molar refractivity (Wildman–Crippen MR) is 72.9 cm³/mol. The van der Waals surface area contributed by atoms with Crippen LogP contribution in [0.1, 0.15) is 20.3 Å². The molecule has 0 aliphatic heterocycles. The van der Waals surface area contributed by atoms with Gasteiger partial charge in [-0.3, -0.25) is 14.9 Å². The third-order valence-corrected chi connectivity index (χ3v) is 2.96. The van der Waals surface area contributed by atoms with Gasteiger partial charge in [0.05, 0.1) is 11.5 Å². The second-order valence-corrected chi connectivity index (χ2v) is 4.52. The molecule has 0 aliphatic rings. The minimum atomic E-state index is -1.05. The number of hydrogen-bond donors (Lipinski definition) is 2. The Morgan fingerprint density at radius 1 is 1.45 bits per heavy atom. The van der Waals surface area contributed by atoms with E-state index in [-0.39, 0.29) is 18.7 Å². The fourth-order valence-corrected chi connectivity index (χ4v) is 1.70. The van der Waals surface area contributed by atoms with Crippen molar-refractivity contribution in [1.29, 1.82) is 0 Å². The molecule has 20 heavy (non-hydrogen) atoms. The Kier molecular flexibility index (Phi) is 5.45. The maximum Gasteiger partial charge on any atom is 0.323 e. The molecule has 0 amide bonds. The van der Waals surface area contributed by atoms with Crippen molar-refractivity contribution in [3.63, 3.8) is 0 Å². The second kappa shape index (κ2) is 6.85. The molecular formula is C13H18N2O5. The van der Waals surface area contributed by atoms with E-state index in [9.17, 15) is 14.9 Å². The molecule has 0 spiro atoms. The van der Waals surface area contributed by atoms with Crippen LogP contribution in [0.5, 0.6) is 5.75 Å². The van der Waals surface area contributed by atoms with Gasteiger partial charge in [-0.2, -0.15) is 0 Å². The molecule has 0 saturated heterocycles. The highest BCUT2D eigenvalue weighted by atomic mass is 16.6. The number of nitrogens with one attached hydrogen (secondary N) is 1. The van der Waals surface area contributed by atoms with Crippen LogP contribution in [0.2, 0.25) is 0 Å². The summed E-state index contributed by atoms with van der Waals surface area (Å²) >= 11 is 0. The number of carboxylic acid groups (broad SMARTS) is 1. The number of ether oxygens (including phenoxy) is 1. The van der Waals surface area contributed by atoms with Gasteiger partial charge in [0.25, 0.3) is 5.69 Å². The van der Waals surface area contributed by atoms with Gasteiger partial charge in [-0.1, -0.05) is 6.92 Å². The summed E-state index contributed by atoms with van der Waals surface area (Å²) in [7, 11) is 0.